The van der Waals surface area contributed by atoms with Crippen LogP contribution in [0.3, 0.4) is 0 Å². The van der Waals surface area contributed by atoms with Gasteiger partial charge in [0.05, 0.1) is 5.39 Å². The van der Waals surface area contributed by atoms with Gasteiger partial charge in [0.15, 0.2) is 5.65 Å². The molecule has 1 aromatic carbocycles. The largest absolute Gasteiger partial charge is 0.354 e. The second-order valence-corrected chi connectivity index (χ2v) is 7.02. The molecule has 7 nitrogen and oxygen atoms in total. The quantitative estimate of drug-likeness (QED) is 0.500. The van der Waals surface area contributed by atoms with Gasteiger partial charge in [-0.2, -0.15) is 4.98 Å². The highest BCUT2D eigenvalue weighted by molar-refractivity contribution is 7.90. The standard InChI is InChI=1S/C13H7ClF2N4O3S/c1-24(22,23)12-18-10(14)6-5-17-13(21)20(11(6)19-12)9-7(15)3-2-4-8(9)16/h2-5H,1H3. The molecule has 0 bridgehead atoms. The van der Waals surface area contributed by atoms with Gasteiger partial charge in [-0.15, -0.1) is 0 Å². The van der Waals surface area contributed by atoms with Gasteiger partial charge >= 0.3 is 5.69 Å². The molecule has 2 aromatic heterocycles. The van der Waals surface area contributed by atoms with E-state index in [1.54, 1.807) is 0 Å². The molecule has 0 fully saturated rings. The first-order valence-electron chi connectivity index (χ1n) is 6.30. The lowest BCUT2D eigenvalue weighted by Crippen LogP contribution is -2.24. The molecular formula is C13H7ClF2N4O3S. The Morgan fingerprint density at radius 1 is 1.17 bits per heavy atom. The predicted octanol–water partition coefficient (Wildman–Crippen LogP) is 1.51. The van der Waals surface area contributed by atoms with Gasteiger partial charge in [-0.3, -0.25) is 0 Å². The zero-order valence-corrected chi connectivity index (χ0v) is 13.4. The fourth-order valence-corrected chi connectivity index (χ4v) is 2.80. The van der Waals surface area contributed by atoms with Crippen LogP contribution in [0.25, 0.3) is 16.7 Å². The van der Waals surface area contributed by atoms with E-state index in [0.29, 0.717) is 4.57 Å². The molecule has 3 rings (SSSR count). The van der Waals surface area contributed by atoms with Crippen LogP contribution in [-0.2, 0) is 9.84 Å². The number of benzene rings is 1. The minimum atomic E-state index is -3.88. The van der Waals surface area contributed by atoms with Crippen molar-refractivity contribution in [3.8, 4) is 5.69 Å². The Morgan fingerprint density at radius 3 is 2.38 bits per heavy atom. The highest BCUT2D eigenvalue weighted by Gasteiger charge is 2.21. The molecule has 3 aromatic rings. The van der Waals surface area contributed by atoms with Gasteiger partial charge in [0.2, 0.25) is 15.0 Å². The number of para-hydroxylation sites is 1. The summed E-state index contributed by atoms with van der Waals surface area (Å²) < 4.78 is 52.0. The van der Waals surface area contributed by atoms with Crippen LogP contribution >= 0.6 is 11.6 Å². The van der Waals surface area contributed by atoms with E-state index in [9.17, 15) is 22.0 Å². The van der Waals surface area contributed by atoms with Gasteiger partial charge < -0.3 is 0 Å². The number of nitrogens with zero attached hydrogens (tertiary/aromatic N) is 4. The Labute approximate surface area is 138 Å². The summed E-state index contributed by atoms with van der Waals surface area (Å²) in [5.41, 5.74) is -2.17. The third kappa shape index (κ3) is 2.63. The van der Waals surface area contributed by atoms with E-state index >= 15 is 0 Å². The van der Waals surface area contributed by atoms with Crippen LogP contribution in [0.5, 0.6) is 0 Å². The maximum absolute atomic E-state index is 14.1. The van der Waals surface area contributed by atoms with Crippen molar-refractivity contribution in [3.05, 3.63) is 51.7 Å². The summed E-state index contributed by atoms with van der Waals surface area (Å²) in [6, 6.07) is 2.98. The number of sulfone groups is 1. The highest BCUT2D eigenvalue weighted by Crippen LogP contribution is 2.24. The number of fused-ring (bicyclic) bond motifs is 1. The van der Waals surface area contributed by atoms with Gasteiger partial charge in [-0.05, 0) is 12.1 Å². The van der Waals surface area contributed by atoms with E-state index in [1.807, 2.05) is 0 Å². The van der Waals surface area contributed by atoms with Gasteiger partial charge in [-0.1, -0.05) is 17.7 Å². The second-order valence-electron chi connectivity index (χ2n) is 4.75. The molecule has 124 valence electrons. The predicted molar refractivity (Wildman–Crippen MR) is 81.0 cm³/mol. The number of hydrogen-bond donors (Lipinski definition) is 0. The average molecular weight is 373 g/mol. The van der Waals surface area contributed by atoms with Crippen LogP contribution in [0.1, 0.15) is 0 Å². The Bertz CT molecular complexity index is 1130. The molecule has 0 saturated carbocycles. The second kappa shape index (κ2) is 5.56. The molecule has 0 radical (unpaired) electrons. The first kappa shape index (κ1) is 16.4. The lowest BCUT2D eigenvalue weighted by atomic mass is 10.2. The van der Waals surface area contributed by atoms with Crippen LogP contribution in [-0.4, -0.2) is 34.2 Å². The van der Waals surface area contributed by atoms with Gasteiger partial charge in [0, 0.05) is 12.5 Å². The number of aromatic nitrogens is 4. The molecule has 0 aliphatic rings. The average Bonchev–Trinajstić information content (AvgIpc) is 2.48. The lowest BCUT2D eigenvalue weighted by Gasteiger charge is -2.11. The normalized spacial score (nSPS) is 11.8. The lowest BCUT2D eigenvalue weighted by molar-refractivity contribution is 0.566. The van der Waals surface area contributed by atoms with Crippen LogP contribution in [0.15, 0.2) is 34.3 Å². The van der Waals surface area contributed by atoms with Crippen molar-refractivity contribution in [2.24, 2.45) is 0 Å². The molecule has 0 spiro atoms. The zero-order chi connectivity index (χ0) is 17.6. The van der Waals surface area contributed by atoms with Crippen molar-refractivity contribution in [2.75, 3.05) is 6.26 Å². The fourth-order valence-electron chi connectivity index (χ4n) is 2.03. The van der Waals surface area contributed by atoms with E-state index in [0.717, 1.165) is 30.7 Å². The van der Waals surface area contributed by atoms with Crippen LogP contribution < -0.4 is 5.69 Å². The first-order chi connectivity index (χ1) is 11.2. The maximum Gasteiger partial charge on any atom is 0.354 e. The van der Waals surface area contributed by atoms with E-state index in [-0.39, 0.29) is 16.2 Å². The third-order valence-corrected chi connectivity index (χ3v) is 4.19. The molecule has 2 heterocycles. The van der Waals surface area contributed by atoms with Crippen molar-refractivity contribution in [1.29, 1.82) is 0 Å². The number of rotatable bonds is 2. The summed E-state index contributed by atoms with van der Waals surface area (Å²) in [7, 11) is -3.88. The fraction of sp³-hybridized carbons (Fsp3) is 0.0769. The van der Waals surface area contributed by atoms with E-state index in [4.69, 9.17) is 11.6 Å². The van der Waals surface area contributed by atoms with Gasteiger partial charge in [0.1, 0.15) is 22.5 Å². The van der Waals surface area contributed by atoms with E-state index < -0.39 is 38.0 Å². The molecule has 0 aliphatic carbocycles. The molecule has 0 unspecified atom stereocenters. The molecule has 0 amide bonds. The Kier molecular flexibility index (Phi) is 3.80. The highest BCUT2D eigenvalue weighted by atomic mass is 35.5. The van der Waals surface area contributed by atoms with Crippen molar-refractivity contribution >= 4 is 32.5 Å². The molecule has 0 saturated heterocycles. The Morgan fingerprint density at radius 2 is 1.79 bits per heavy atom. The zero-order valence-electron chi connectivity index (χ0n) is 11.9. The Balaban J connectivity index is 2.55. The molecule has 11 heteroatoms. The minimum Gasteiger partial charge on any atom is -0.245 e. The monoisotopic (exact) mass is 372 g/mol. The van der Waals surface area contributed by atoms with Crippen LogP contribution in [0.4, 0.5) is 8.78 Å². The summed E-state index contributed by atoms with van der Waals surface area (Å²) >= 11 is 5.90. The minimum absolute atomic E-state index is 0.0358. The molecular weight excluding hydrogens is 366 g/mol. The van der Waals surface area contributed by atoms with E-state index in [2.05, 4.69) is 15.0 Å². The first-order valence-corrected chi connectivity index (χ1v) is 8.57. The number of halogens is 3. The third-order valence-electron chi connectivity index (χ3n) is 3.06. The SMILES string of the molecule is CS(=O)(=O)c1nc(Cl)c2cnc(=O)n(-c3c(F)cccc3F)c2n1. The number of hydrogen-bond acceptors (Lipinski definition) is 6. The van der Waals surface area contributed by atoms with Crippen LogP contribution in [0, 0.1) is 11.6 Å². The van der Waals surface area contributed by atoms with Crippen molar-refractivity contribution in [1.82, 2.24) is 19.5 Å². The van der Waals surface area contributed by atoms with E-state index in [1.165, 1.54) is 0 Å². The molecule has 0 atom stereocenters. The molecule has 0 aliphatic heterocycles. The summed E-state index contributed by atoms with van der Waals surface area (Å²) in [5.74, 6) is -2.11. The maximum atomic E-state index is 14.1. The van der Waals surface area contributed by atoms with Gasteiger partial charge in [0.25, 0.3) is 0 Å². The van der Waals surface area contributed by atoms with Crippen molar-refractivity contribution < 1.29 is 17.2 Å². The van der Waals surface area contributed by atoms with Crippen molar-refractivity contribution in [3.63, 3.8) is 0 Å². The Hall–Kier alpha value is -2.46. The van der Waals surface area contributed by atoms with Crippen LogP contribution in [0.2, 0.25) is 5.15 Å². The topological polar surface area (TPSA) is 94.8 Å². The molecule has 24 heavy (non-hydrogen) atoms. The summed E-state index contributed by atoms with van der Waals surface area (Å²) in [6.45, 7) is 0. The van der Waals surface area contributed by atoms with Gasteiger partial charge in [-0.25, -0.2) is 36.5 Å². The summed E-state index contributed by atoms with van der Waals surface area (Å²) in [4.78, 5) is 22.9. The smallest absolute Gasteiger partial charge is 0.245 e. The summed E-state index contributed by atoms with van der Waals surface area (Å²) in [5, 5.41) is -1.04. The summed E-state index contributed by atoms with van der Waals surface area (Å²) in [6.07, 6.45) is 1.83. The molecule has 0 N–H and O–H groups in total. The van der Waals surface area contributed by atoms with Crippen molar-refractivity contribution in [2.45, 2.75) is 5.16 Å².